The highest BCUT2D eigenvalue weighted by Crippen LogP contribution is 2.24. The summed E-state index contributed by atoms with van der Waals surface area (Å²) in [7, 11) is 0. The van der Waals surface area contributed by atoms with E-state index in [1.54, 1.807) is 0 Å². The van der Waals surface area contributed by atoms with Crippen LogP contribution in [0.2, 0.25) is 5.02 Å². The molecule has 0 bridgehead atoms. The molecule has 0 amide bonds. The third-order valence-electron chi connectivity index (χ3n) is 2.99. The summed E-state index contributed by atoms with van der Waals surface area (Å²) >= 11 is 6.23. The van der Waals surface area contributed by atoms with Crippen LogP contribution in [0.15, 0.2) is 30.5 Å². The number of benzene rings is 1. The lowest BCUT2D eigenvalue weighted by molar-refractivity contribution is 0.586. The van der Waals surface area contributed by atoms with Crippen molar-refractivity contribution < 1.29 is 0 Å². The summed E-state index contributed by atoms with van der Waals surface area (Å²) < 4.78 is 2.25. The number of nitrogens with zero attached hydrogens (tertiary/aromatic N) is 1. The number of nitrogens with one attached hydrogen (secondary N) is 1. The molecule has 0 aliphatic rings. The molecule has 1 aromatic heterocycles. The second-order valence-corrected chi connectivity index (χ2v) is 4.65. The second-order valence-electron chi connectivity index (χ2n) is 4.25. The van der Waals surface area contributed by atoms with Gasteiger partial charge in [-0.3, -0.25) is 0 Å². The first-order valence-electron chi connectivity index (χ1n) is 6.27. The normalized spacial score (nSPS) is 11.2. The summed E-state index contributed by atoms with van der Waals surface area (Å²) in [5, 5.41) is 5.41. The van der Waals surface area contributed by atoms with E-state index in [1.165, 1.54) is 18.2 Å². The van der Waals surface area contributed by atoms with E-state index in [0.717, 1.165) is 30.2 Å². The van der Waals surface area contributed by atoms with Crippen LogP contribution in [0.25, 0.3) is 10.9 Å². The zero-order chi connectivity index (χ0) is 12.1. The molecule has 0 aliphatic carbocycles. The summed E-state index contributed by atoms with van der Waals surface area (Å²) in [6.45, 7) is 5.33. The Kier molecular flexibility index (Phi) is 4.46. The van der Waals surface area contributed by atoms with Gasteiger partial charge >= 0.3 is 0 Å². The van der Waals surface area contributed by atoms with Crippen molar-refractivity contribution >= 4 is 22.5 Å². The number of hydrogen-bond acceptors (Lipinski definition) is 1. The molecule has 1 N–H and O–H groups in total. The minimum Gasteiger partial charge on any atom is -0.346 e. The maximum Gasteiger partial charge on any atom is 0.0669 e. The average Bonchev–Trinajstić information content (AvgIpc) is 2.74. The molecule has 2 rings (SSSR count). The molecule has 0 aliphatic heterocycles. The van der Waals surface area contributed by atoms with Gasteiger partial charge in [0.15, 0.2) is 0 Å². The van der Waals surface area contributed by atoms with Crippen molar-refractivity contribution in [1.82, 2.24) is 9.88 Å². The molecular formula is C14H19ClN2. The molecule has 1 heterocycles. The van der Waals surface area contributed by atoms with Gasteiger partial charge < -0.3 is 9.88 Å². The monoisotopic (exact) mass is 250 g/mol. The molecular weight excluding hydrogens is 232 g/mol. The fourth-order valence-electron chi connectivity index (χ4n) is 2.11. The van der Waals surface area contributed by atoms with Crippen molar-refractivity contribution in [1.29, 1.82) is 0 Å². The zero-order valence-corrected chi connectivity index (χ0v) is 11.0. The van der Waals surface area contributed by atoms with E-state index in [0.29, 0.717) is 0 Å². The molecule has 0 saturated carbocycles. The largest absolute Gasteiger partial charge is 0.346 e. The SMILES string of the molecule is CCNCCCCn1ccc2cccc(Cl)c21. The van der Waals surface area contributed by atoms with Gasteiger partial charge in [-0.2, -0.15) is 0 Å². The Hall–Kier alpha value is -0.990. The number of unbranched alkanes of at least 4 members (excludes halogenated alkanes) is 1. The third kappa shape index (κ3) is 3.02. The Morgan fingerprint density at radius 2 is 2.12 bits per heavy atom. The van der Waals surface area contributed by atoms with Gasteiger partial charge in [-0.25, -0.2) is 0 Å². The lowest BCUT2D eigenvalue weighted by Crippen LogP contribution is -2.14. The Morgan fingerprint density at radius 1 is 1.24 bits per heavy atom. The molecule has 2 aromatic rings. The van der Waals surface area contributed by atoms with Gasteiger partial charge in [0, 0.05) is 18.1 Å². The topological polar surface area (TPSA) is 17.0 Å². The number of halogens is 1. The van der Waals surface area contributed by atoms with Gasteiger partial charge in [0.2, 0.25) is 0 Å². The van der Waals surface area contributed by atoms with E-state index < -0.39 is 0 Å². The van der Waals surface area contributed by atoms with E-state index in [9.17, 15) is 0 Å². The molecule has 17 heavy (non-hydrogen) atoms. The Labute approximate surface area is 108 Å². The van der Waals surface area contributed by atoms with Gasteiger partial charge in [-0.15, -0.1) is 0 Å². The summed E-state index contributed by atoms with van der Waals surface area (Å²) in [6, 6.07) is 8.20. The number of hydrogen-bond donors (Lipinski definition) is 1. The number of para-hydroxylation sites is 1. The number of aromatic nitrogens is 1. The summed E-state index contributed by atoms with van der Waals surface area (Å²) in [6.07, 6.45) is 4.52. The molecule has 0 unspecified atom stereocenters. The molecule has 0 saturated heterocycles. The molecule has 0 atom stereocenters. The van der Waals surface area contributed by atoms with Gasteiger partial charge in [0.1, 0.15) is 0 Å². The molecule has 1 aromatic carbocycles. The van der Waals surface area contributed by atoms with E-state index >= 15 is 0 Å². The highest BCUT2D eigenvalue weighted by atomic mass is 35.5. The van der Waals surface area contributed by atoms with E-state index in [1.807, 2.05) is 12.1 Å². The lowest BCUT2D eigenvalue weighted by atomic mass is 10.2. The predicted molar refractivity (Wildman–Crippen MR) is 74.7 cm³/mol. The van der Waals surface area contributed by atoms with Crippen molar-refractivity contribution in [3.63, 3.8) is 0 Å². The lowest BCUT2D eigenvalue weighted by Gasteiger charge is -2.07. The van der Waals surface area contributed by atoms with E-state index in [4.69, 9.17) is 11.6 Å². The highest BCUT2D eigenvalue weighted by molar-refractivity contribution is 6.35. The van der Waals surface area contributed by atoms with Crippen LogP contribution < -0.4 is 5.32 Å². The van der Waals surface area contributed by atoms with Crippen LogP contribution in [0.3, 0.4) is 0 Å². The highest BCUT2D eigenvalue weighted by Gasteiger charge is 2.04. The smallest absolute Gasteiger partial charge is 0.0669 e. The molecule has 0 spiro atoms. The van der Waals surface area contributed by atoms with Gasteiger partial charge in [0.05, 0.1) is 10.5 Å². The average molecular weight is 251 g/mol. The molecule has 3 heteroatoms. The first kappa shape index (κ1) is 12.5. The zero-order valence-electron chi connectivity index (χ0n) is 10.2. The van der Waals surface area contributed by atoms with Crippen LogP contribution in [-0.2, 0) is 6.54 Å². The van der Waals surface area contributed by atoms with Gasteiger partial charge in [-0.05, 0) is 38.1 Å². The van der Waals surface area contributed by atoms with Crippen molar-refractivity contribution in [3.05, 3.63) is 35.5 Å². The Balaban J connectivity index is 1.99. The maximum absolute atomic E-state index is 6.23. The van der Waals surface area contributed by atoms with Crippen LogP contribution in [-0.4, -0.2) is 17.7 Å². The fraction of sp³-hybridized carbons (Fsp3) is 0.429. The first-order chi connectivity index (χ1) is 8.33. The Bertz CT molecular complexity index is 476. The van der Waals surface area contributed by atoms with Gasteiger partial charge in [0.25, 0.3) is 0 Å². The summed E-state index contributed by atoms with van der Waals surface area (Å²) in [4.78, 5) is 0. The van der Waals surface area contributed by atoms with Crippen molar-refractivity contribution in [2.45, 2.75) is 26.3 Å². The molecule has 0 radical (unpaired) electrons. The fourth-order valence-corrected chi connectivity index (χ4v) is 2.40. The van der Waals surface area contributed by atoms with Crippen LogP contribution in [0.4, 0.5) is 0 Å². The van der Waals surface area contributed by atoms with Crippen molar-refractivity contribution in [3.8, 4) is 0 Å². The standard InChI is InChI=1S/C14H19ClN2/c1-2-16-9-3-4-10-17-11-8-12-6-5-7-13(15)14(12)17/h5-8,11,16H,2-4,9-10H2,1H3. The van der Waals surface area contributed by atoms with Crippen LogP contribution in [0, 0.1) is 0 Å². The van der Waals surface area contributed by atoms with Crippen LogP contribution in [0.1, 0.15) is 19.8 Å². The molecule has 2 nitrogen and oxygen atoms in total. The minimum atomic E-state index is 0.846. The minimum absolute atomic E-state index is 0.846. The number of rotatable bonds is 6. The van der Waals surface area contributed by atoms with Crippen LogP contribution >= 0.6 is 11.6 Å². The van der Waals surface area contributed by atoms with Gasteiger partial charge in [-0.1, -0.05) is 30.7 Å². The number of fused-ring (bicyclic) bond motifs is 1. The van der Waals surface area contributed by atoms with E-state index in [-0.39, 0.29) is 0 Å². The second kappa shape index (κ2) is 6.08. The predicted octanol–water partition coefficient (Wildman–Crippen LogP) is 3.68. The molecule has 0 fully saturated rings. The number of aryl methyl sites for hydroxylation is 1. The maximum atomic E-state index is 6.23. The summed E-state index contributed by atoms with van der Waals surface area (Å²) in [5.41, 5.74) is 1.16. The van der Waals surface area contributed by atoms with Crippen molar-refractivity contribution in [2.75, 3.05) is 13.1 Å². The third-order valence-corrected chi connectivity index (χ3v) is 3.30. The van der Waals surface area contributed by atoms with Crippen molar-refractivity contribution in [2.24, 2.45) is 0 Å². The van der Waals surface area contributed by atoms with E-state index in [2.05, 4.69) is 35.1 Å². The Morgan fingerprint density at radius 3 is 2.94 bits per heavy atom. The quantitative estimate of drug-likeness (QED) is 0.774. The summed E-state index contributed by atoms with van der Waals surface area (Å²) in [5.74, 6) is 0. The molecule has 92 valence electrons. The van der Waals surface area contributed by atoms with Crippen LogP contribution in [0.5, 0.6) is 0 Å². The first-order valence-corrected chi connectivity index (χ1v) is 6.65.